The molecule has 0 saturated carbocycles. The van der Waals surface area contributed by atoms with Crippen LogP contribution in [0.15, 0.2) is 29.0 Å². The fourth-order valence-corrected chi connectivity index (χ4v) is 2.65. The number of hydrazine groups is 1. The largest absolute Gasteiger partial charge is 0.338 e. The van der Waals surface area contributed by atoms with Gasteiger partial charge in [0, 0.05) is 31.9 Å². The molecule has 0 aliphatic rings. The van der Waals surface area contributed by atoms with Gasteiger partial charge in [-0.3, -0.25) is 11.3 Å². The number of aryl methyl sites for hydroxylation is 2. The Morgan fingerprint density at radius 3 is 2.80 bits per heavy atom. The second kappa shape index (κ2) is 6.43. The molecule has 1 atom stereocenters. The molecule has 7 heteroatoms. The van der Waals surface area contributed by atoms with Gasteiger partial charge in [-0.2, -0.15) is 0 Å². The van der Waals surface area contributed by atoms with Crippen LogP contribution in [0.4, 0.5) is 8.78 Å². The quantitative estimate of drug-likeness (QED) is 0.498. The first-order valence-corrected chi connectivity index (χ1v) is 6.89. The molecule has 0 spiro atoms. The van der Waals surface area contributed by atoms with Crippen LogP contribution in [0.2, 0.25) is 0 Å². The minimum absolute atomic E-state index is 0.0975. The van der Waals surface area contributed by atoms with E-state index in [0.29, 0.717) is 18.4 Å². The first-order valence-electron chi connectivity index (χ1n) is 6.10. The van der Waals surface area contributed by atoms with E-state index in [1.165, 1.54) is 6.07 Å². The second-order valence-electron chi connectivity index (χ2n) is 4.48. The van der Waals surface area contributed by atoms with Crippen LogP contribution >= 0.6 is 15.9 Å². The number of hydrogen-bond acceptors (Lipinski definition) is 3. The van der Waals surface area contributed by atoms with Crippen molar-refractivity contribution < 1.29 is 8.78 Å². The van der Waals surface area contributed by atoms with Gasteiger partial charge in [0.2, 0.25) is 0 Å². The first-order chi connectivity index (χ1) is 9.54. The summed E-state index contributed by atoms with van der Waals surface area (Å²) in [5.74, 6) is 4.64. The van der Waals surface area contributed by atoms with Gasteiger partial charge >= 0.3 is 0 Å². The van der Waals surface area contributed by atoms with Crippen LogP contribution in [0, 0.1) is 11.6 Å². The molecule has 1 aromatic carbocycles. The van der Waals surface area contributed by atoms with Crippen molar-refractivity contribution in [3.8, 4) is 0 Å². The van der Waals surface area contributed by atoms with Crippen LogP contribution in [0.25, 0.3) is 0 Å². The Hall–Kier alpha value is -1.31. The predicted molar refractivity (Wildman–Crippen MR) is 75.7 cm³/mol. The second-order valence-corrected chi connectivity index (χ2v) is 5.27. The molecule has 1 aromatic heterocycles. The van der Waals surface area contributed by atoms with Gasteiger partial charge in [0.15, 0.2) is 11.6 Å². The summed E-state index contributed by atoms with van der Waals surface area (Å²) in [6.45, 7) is 0. The minimum atomic E-state index is -0.903. The van der Waals surface area contributed by atoms with Crippen molar-refractivity contribution in [3.63, 3.8) is 0 Å². The lowest BCUT2D eigenvalue weighted by Crippen LogP contribution is -2.29. The average molecular weight is 345 g/mol. The monoisotopic (exact) mass is 344 g/mol. The van der Waals surface area contributed by atoms with E-state index < -0.39 is 11.6 Å². The maximum absolute atomic E-state index is 13.6. The average Bonchev–Trinajstić information content (AvgIpc) is 2.84. The summed E-state index contributed by atoms with van der Waals surface area (Å²) >= 11 is 3.07. The molecule has 1 heterocycles. The summed E-state index contributed by atoms with van der Waals surface area (Å²) in [6.07, 6.45) is 4.86. The Balaban J connectivity index is 2.16. The number of nitrogens with zero attached hydrogens (tertiary/aromatic N) is 2. The van der Waals surface area contributed by atoms with E-state index in [1.807, 2.05) is 17.8 Å². The number of benzene rings is 1. The molecule has 2 rings (SSSR count). The Kier molecular flexibility index (Phi) is 4.85. The molecule has 3 N–H and O–H groups in total. The van der Waals surface area contributed by atoms with E-state index in [0.717, 1.165) is 11.9 Å². The molecule has 0 fully saturated rings. The SMILES string of the molecule is Cn1ccnc1CCC(NN)c1ccc(F)c(F)c1Br. The molecule has 20 heavy (non-hydrogen) atoms. The van der Waals surface area contributed by atoms with Crippen molar-refractivity contribution in [2.45, 2.75) is 18.9 Å². The van der Waals surface area contributed by atoms with Crippen LogP contribution in [-0.2, 0) is 13.5 Å². The van der Waals surface area contributed by atoms with Gasteiger partial charge in [-0.1, -0.05) is 6.07 Å². The molecular formula is C13H15BrF2N4. The highest BCUT2D eigenvalue weighted by Gasteiger charge is 2.18. The van der Waals surface area contributed by atoms with Crippen molar-refractivity contribution >= 4 is 15.9 Å². The summed E-state index contributed by atoms with van der Waals surface area (Å²) < 4.78 is 28.7. The Bertz CT molecular complexity index is 600. The van der Waals surface area contributed by atoms with Crippen LogP contribution in [0.1, 0.15) is 23.9 Å². The molecule has 4 nitrogen and oxygen atoms in total. The lowest BCUT2D eigenvalue weighted by Gasteiger charge is -2.18. The third kappa shape index (κ3) is 3.05. The minimum Gasteiger partial charge on any atom is -0.338 e. The topological polar surface area (TPSA) is 55.9 Å². The molecule has 0 aliphatic heterocycles. The van der Waals surface area contributed by atoms with Crippen LogP contribution in [-0.4, -0.2) is 9.55 Å². The number of imidazole rings is 1. The van der Waals surface area contributed by atoms with Crippen molar-refractivity contribution in [2.75, 3.05) is 0 Å². The summed E-state index contributed by atoms with van der Waals surface area (Å²) in [6, 6.07) is 2.32. The van der Waals surface area contributed by atoms with E-state index in [2.05, 4.69) is 26.3 Å². The van der Waals surface area contributed by atoms with Crippen LogP contribution in [0.3, 0.4) is 0 Å². The van der Waals surface area contributed by atoms with Crippen molar-refractivity contribution in [3.05, 3.63) is 52.0 Å². The number of nitrogens with two attached hydrogens (primary N) is 1. The maximum Gasteiger partial charge on any atom is 0.173 e. The van der Waals surface area contributed by atoms with E-state index >= 15 is 0 Å². The summed E-state index contributed by atoms with van der Waals surface area (Å²) in [4.78, 5) is 4.22. The molecule has 0 saturated heterocycles. The number of halogens is 3. The highest BCUT2D eigenvalue weighted by molar-refractivity contribution is 9.10. The van der Waals surface area contributed by atoms with Gasteiger partial charge in [0.25, 0.3) is 0 Å². The molecule has 0 amide bonds. The zero-order valence-electron chi connectivity index (χ0n) is 10.9. The van der Waals surface area contributed by atoms with Gasteiger partial charge in [0.05, 0.1) is 4.47 Å². The fraction of sp³-hybridized carbons (Fsp3) is 0.308. The van der Waals surface area contributed by atoms with Gasteiger partial charge < -0.3 is 4.57 Å². The van der Waals surface area contributed by atoms with E-state index in [9.17, 15) is 8.78 Å². The lowest BCUT2D eigenvalue weighted by molar-refractivity contribution is 0.479. The Morgan fingerprint density at radius 2 is 2.20 bits per heavy atom. The van der Waals surface area contributed by atoms with Crippen molar-refractivity contribution in [1.29, 1.82) is 0 Å². The molecular weight excluding hydrogens is 330 g/mol. The standard InChI is InChI=1S/C13H15BrF2N4/c1-20-7-6-18-11(20)5-4-10(19-17)8-2-3-9(15)13(16)12(8)14/h2-3,6-7,10,19H,4-5,17H2,1H3. The molecule has 1 unspecified atom stereocenters. The van der Waals surface area contributed by atoms with Gasteiger partial charge in [-0.25, -0.2) is 13.8 Å². The Labute approximate surface area is 124 Å². The van der Waals surface area contributed by atoms with Gasteiger partial charge in [-0.05, 0) is 34.0 Å². The third-order valence-corrected chi connectivity index (χ3v) is 4.03. The number of hydrogen-bond donors (Lipinski definition) is 2. The summed E-state index contributed by atoms with van der Waals surface area (Å²) in [5, 5.41) is 0. The third-order valence-electron chi connectivity index (χ3n) is 3.22. The molecule has 2 aromatic rings. The first kappa shape index (κ1) is 15.1. The number of aromatic nitrogens is 2. The highest BCUT2D eigenvalue weighted by Crippen LogP contribution is 2.29. The normalized spacial score (nSPS) is 12.7. The predicted octanol–water partition coefficient (Wildman–Crippen LogP) is 2.60. The zero-order valence-corrected chi connectivity index (χ0v) is 12.5. The van der Waals surface area contributed by atoms with Crippen molar-refractivity contribution in [2.24, 2.45) is 12.9 Å². The molecule has 0 bridgehead atoms. The fourth-order valence-electron chi connectivity index (χ4n) is 2.05. The molecule has 0 aliphatic carbocycles. The number of nitrogens with one attached hydrogen (secondary N) is 1. The number of rotatable bonds is 5. The lowest BCUT2D eigenvalue weighted by atomic mass is 10.0. The zero-order chi connectivity index (χ0) is 14.7. The van der Waals surface area contributed by atoms with Gasteiger partial charge in [0.1, 0.15) is 5.82 Å². The Morgan fingerprint density at radius 1 is 1.45 bits per heavy atom. The highest BCUT2D eigenvalue weighted by atomic mass is 79.9. The summed E-state index contributed by atoms with van der Waals surface area (Å²) in [7, 11) is 1.90. The molecule has 0 radical (unpaired) electrons. The van der Waals surface area contributed by atoms with Crippen LogP contribution < -0.4 is 11.3 Å². The van der Waals surface area contributed by atoms with Gasteiger partial charge in [-0.15, -0.1) is 0 Å². The van der Waals surface area contributed by atoms with E-state index in [-0.39, 0.29) is 10.5 Å². The van der Waals surface area contributed by atoms with E-state index in [4.69, 9.17) is 5.84 Å². The van der Waals surface area contributed by atoms with Crippen molar-refractivity contribution in [1.82, 2.24) is 15.0 Å². The smallest absolute Gasteiger partial charge is 0.173 e. The summed E-state index contributed by atoms with van der Waals surface area (Å²) in [5.41, 5.74) is 3.22. The van der Waals surface area contributed by atoms with Crippen LogP contribution in [0.5, 0.6) is 0 Å². The van der Waals surface area contributed by atoms with E-state index in [1.54, 1.807) is 6.20 Å². The molecule has 108 valence electrons. The maximum atomic E-state index is 13.6.